The minimum absolute atomic E-state index is 0.254. The van der Waals surface area contributed by atoms with Crippen LogP contribution in [0.1, 0.15) is 31.1 Å². The third-order valence-electron chi connectivity index (χ3n) is 3.18. The highest BCUT2D eigenvalue weighted by atomic mass is 16.2. The van der Waals surface area contributed by atoms with E-state index in [0.29, 0.717) is 16.7 Å². The number of carbonyl (C=O) groups is 3. The molecule has 1 aliphatic rings. The average Bonchev–Trinajstić information content (AvgIpc) is 2.74. The zero-order valence-corrected chi connectivity index (χ0v) is 10.4. The zero-order valence-electron chi connectivity index (χ0n) is 10.4. The molecule has 1 aliphatic heterocycles. The fourth-order valence-electron chi connectivity index (χ4n) is 2.16. The Morgan fingerprint density at radius 1 is 0.950 bits per heavy atom. The minimum atomic E-state index is -0.423. The largest absolute Gasteiger partial charge is 0.292 e. The van der Waals surface area contributed by atoms with Crippen LogP contribution in [0, 0.1) is 0 Å². The maximum Gasteiger partial charge on any atom is 0.261 e. The normalized spacial score (nSPS) is 13.5. The summed E-state index contributed by atoms with van der Waals surface area (Å²) in [5.41, 5.74) is 1.12. The van der Waals surface area contributed by atoms with Crippen LogP contribution in [0.3, 0.4) is 0 Å². The topological polar surface area (TPSA) is 67.3 Å². The Bertz CT molecular complexity index is 675. The van der Waals surface area contributed by atoms with Crippen LogP contribution < -0.4 is 0 Å². The molecule has 2 heterocycles. The lowest BCUT2D eigenvalue weighted by molar-refractivity contribution is 0.0624. The molecule has 0 fully saturated rings. The molecular formula is C15H10N2O3. The number of fused-ring (bicyclic) bond motifs is 1. The van der Waals surface area contributed by atoms with Gasteiger partial charge in [-0.25, -0.2) is 0 Å². The second-order valence-electron chi connectivity index (χ2n) is 4.40. The van der Waals surface area contributed by atoms with Gasteiger partial charge in [0.05, 0.1) is 17.7 Å². The molecule has 0 unspecified atom stereocenters. The van der Waals surface area contributed by atoms with Gasteiger partial charge in [-0.3, -0.25) is 24.3 Å². The van der Waals surface area contributed by atoms with Crippen molar-refractivity contribution in [3.8, 4) is 0 Å². The molecule has 0 saturated carbocycles. The van der Waals surface area contributed by atoms with Gasteiger partial charge in [0.1, 0.15) is 0 Å². The first-order valence-corrected chi connectivity index (χ1v) is 6.07. The minimum Gasteiger partial charge on any atom is -0.292 e. The van der Waals surface area contributed by atoms with Crippen LogP contribution in [-0.4, -0.2) is 34.0 Å². The van der Waals surface area contributed by atoms with Crippen LogP contribution in [0.15, 0.2) is 48.8 Å². The van der Waals surface area contributed by atoms with Crippen molar-refractivity contribution < 1.29 is 14.4 Å². The van der Waals surface area contributed by atoms with E-state index >= 15 is 0 Å². The van der Waals surface area contributed by atoms with E-state index in [2.05, 4.69) is 4.98 Å². The number of hydrogen-bond donors (Lipinski definition) is 0. The highest BCUT2D eigenvalue weighted by molar-refractivity contribution is 6.23. The highest BCUT2D eigenvalue weighted by Gasteiger charge is 2.36. The van der Waals surface area contributed by atoms with Crippen LogP contribution in [-0.2, 0) is 0 Å². The number of pyridine rings is 1. The molecule has 5 nitrogen and oxygen atoms in total. The van der Waals surface area contributed by atoms with Gasteiger partial charge in [0, 0.05) is 18.0 Å². The first-order valence-electron chi connectivity index (χ1n) is 6.07. The third-order valence-corrected chi connectivity index (χ3v) is 3.18. The van der Waals surface area contributed by atoms with Crippen molar-refractivity contribution in [2.24, 2.45) is 0 Å². The Hall–Kier alpha value is -2.82. The van der Waals surface area contributed by atoms with E-state index in [-0.39, 0.29) is 12.3 Å². The molecule has 0 atom stereocenters. The number of imide groups is 1. The van der Waals surface area contributed by atoms with Crippen LogP contribution in [0.2, 0.25) is 0 Å². The average molecular weight is 266 g/mol. The van der Waals surface area contributed by atoms with Gasteiger partial charge in [-0.2, -0.15) is 0 Å². The predicted molar refractivity (Wildman–Crippen MR) is 70.4 cm³/mol. The molecular weight excluding hydrogens is 256 g/mol. The van der Waals surface area contributed by atoms with Gasteiger partial charge in [0.25, 0.3) is 11.8 Å². The number of aromatic nitrogens is 1. The van der Waals surface area contributed by atoms with E-state index in [1.807, 2.05) is 0 Å². The van der Waals surface area contributed by atoms with Crippen LogP contribution in [0.4, 0.5) is 0 Å². The molecule has 0 bridgehead atoms. The summed E-state index contributed by atoms with van der Waals surface area (Å²) in [5, 5.41) is 0. The Balaban J connectivity index is 1.86. The van der Waals surface area contributed by atoms with Gasteiger partial charge in [-0.05, 0) is 24.3 Å². The van der Waals surface area contributed by atoms with Gasteiger partial charge in [0.15, 0.2) is 5.78 Å². The van der Waals surface area contributed by atoms with Crippen LogP contribution >= 0.6 is 0 Å². The molecule has 2 amide bonds. The monoisotopic (exact) mass is 266 g/mol. The first kappa shape index (κ1) is 12.2. The Morgan fingerprint density at radius 2 is 1.50 bits per heavy atom. The number of rotatable bonds is 3. The van der Waals surface area contributed by atoms with E-state index in [4.69, 9.17) is 0 Å². The molecule has 0 N–H and O–H groups in total. The van der Waals surface area contributed by atoms with Gasteiger partial charge in [-0.15, -0.1) is 0 Å². The molecule has 0 spiro atoms. The van der Waals surface area contributed by atoms with Gasteiger partial charge >= 0.3 is 0 Å². The molecule has 5 heteroatoms. The van der Waals surface area contributed by atoms with Crippen molar-refractivity contribution >= 4 is 17.6 Å². The fourth-order valence-corrected chi connectivity index (χ4v) is 2.16. The lowest BCUT2D eigenvalue weighted by Gasteiger charge is -2.12. The third kappa shape index (κ3) is 1.89. The maximum absolute atomic E-state index is 12.1. The molecule has 3 rings (SSSR count). The highest BCUT2D eigenvalue weighted by Crippen LogP contribution is 2.22. The van der Waals surface area contributed by atoms with Crippen molar-refractivity contribution in [3.63, 3.8) is 0 Å². The summed E-state index contributed by atoms with van der Waals surface area (Å²) in [5.74, 6) is -1.14. The Morgan fingerprint density at radius 3 is 2.05 bits per heavy atom. The number of hydrogen-bond acceptors (Lipinski definition) is 4. The number of benzene rings is 1. The summed E-state index contributed by atoms with van der Waals surface area (Å²) < 4.78 is 0. The molecule has 0 radical (unpaired) electrons. The SMILES string of the molecule is O=C(CN1C(=O)c2ccccc2C1=O)c1ccncc1. The standard InChI is InChI=1S/C15H10N2O3/c18-13(10-5-7-16-8-6-10)9-17-14(19)11-3-1-2-4-12(11)15(17)20/h1-8H,9H2. The molecule has 0 aliphatic carbocycles. The summed E-state index contributed by atoms with van der Waals surface area (Å²) in [7, 11) is 0. The first-order chi connectivity index (χ1) is 9.68. The summed E-state index contributed by atoms with van der Waals surface area (Å²) in [6, 6.07) is 9.68. The number of Topliss-reactive ketones (excluding diaryl/α,β-unsaturated/α-hetero) is 1. The number of ketones is 1. The lowest BCUT2D eigenvalue weighted by atomic mass is 10.1. The van der Waals surface area contributed by atoms with Gasteiger partial charge in [0.2, 0.25) is 0 Å². The zero-order chi connectivity index (χ0) is 14.1. The maximum atomic E-state index is 12.1. The van der Waals surface area contributed by atoms with Crippen molar-refractivity contribution in [2.75, 3.05) is 6.54 Å². The number of carbonyl (C=O) groups excluding carboxylic acids is 3. The Kier molecular flexibility index (Phi) is 2.87. The van der Waals surface area contributed by atoms with Gasteiger partial charge in [-0.1, -0.05) is 12.1 Å². The molecule has 98 valence electrons. The van der Waals surface area contributed by atoms with E-state index in [1.165, 1.54) is 12.4 Å². The quantitative estimate of drug-likeness (QED) is 0.624. The predicted octanol–water partition coefficient (Wildman–Crippen LogP) is 1.56. The summed E-state index contributed by atoms with van der Waals surface area (Å²) in [6.07, 6.45) is 2.99. The Labute approximate surface area is 114 Å². The second kappa shape index (κ2) is 4.70. The van der Waals surface area contributed by atoms with E-state index < -0.39 is 11.8 Å². The number of nitrogens with zero attached hydrogens (tertiary/aromatic N) is 2. The van der Waals surface area contributed by atoms with Crippen molar-refractivity contribution in [1.82, 2.24) is 9.88 Å². The van der Waals surface area contributed by atoms with E-state index in [0.717, 1.165) is 4.90 Å². The van der Waals surface area contributed by atoms with Crippen molar-refractivity contribution in [2.45, 2.75) is 0 Å². The van der Waals surface area contributed by atoms with Crippen LogP contribution in [0.5, 0.6) is 0 Å². The smallest absolute Gasteiger partial charge is 0.261 e. The summed E-state index contributed by atoms with van der Waals surface area (Å²) >= 11 is 0. The van der Waals surface area contributed by atoms with Gasteiger partial charge < -0.3 is 0 Å². The molecule has 20 heavy (non-hydrogen) atoms. The van der Waals surface area contributed by atoms with Crippen molar-refractivity contribution in [3.05, 3.63) is 65.5 Å². The van der Waals surface area contributed by atoms with Crippen LogP contribution in [0.25, 0.3) is 0 Å². The fraction of sp³-hybridized carbons (Fsp3) is 0.0667. The molecule has 1 aromatic heterocycles. The van der Waals surface area contributed by atoms with E-state index in [9.17, 15) is 14.4 Å². The number of amides is 2. The summed E-state index contributed by atoms with van der Waals surface area (Å²) in [6.45, 7) is -0.254. The van der Waals surface area contributed by atoms with Crippen molar-refractivity contribution in [1.29, 1.82) is 0 Å². The molecule has 0 saturated heterocycles. The molecule has 2 aromatic rings. The lowest BCUT2D eigenvalue weighted by Crippen LogP contribution is -2.34. The molecule has 1 aromatic carbocycles. The second-order valence-corrected chi connectivity index (χ2v) is 4.40. The van der Waals surface area contributed by atoms with E-state index in [1.54, 1.807) is 36.4 Å². The summed E-state index contributed by atoms with van der Waals surface area (Å²) in [4.78, 5) is 41.1.